The second-order valence-electron chi connectivity index (χ2n) is 6.27. The number of rotatable bonds is 6. The van der Waals surface area contributed by atoms with Gasteiger partial charge in [-0.05, 0) is 37.3 Å². The average Bonchev–Trinajstić information content (AvgIpc) is 3.23. The Morgan fingerprint density at radius 2 is 2.12 bits per heavy atom. The molecule has 6 nitrogen and oxygen atoms in total. The van der Waals surface area contributed by atoms with E-state index in [1.165, 1.54) is 4.90 Å². The van der Waals surface area contributed by atoms with Crippen LogP contribution in [0.1, 0.15) is 27.9 Å². The number of methoxy groups -OCH3 is 1. The molecule has 25 heavy (non-hydrogen) atoms. The van der Waals surface area contributed by atoms with Gasteiger partial charge < -0.3 is 23.8 Å². The van der Waals surface area contributed by atoms with Crippen molar-refractivity contribution >= 4 is 16.9 Å². The molecule has 0 unspecified atom stereocenters. The normalized spacial score (nSPS) is 12.5. The summed E-state index contributed by atoms with van der Waals surface area (Å²) in [4.78, 5) is 13.8. The number of carbonyl (C=O) groups is 1. The fraction of sp³-hybridized carbons (Fsp3) is 0.316. The van der Waals surface area contributed by atoms with Gasteiger partial charge in [0.15, 0.2) is 17.6 Å². The molecule has 3 aromatic rings. The Balaban J connectivity index is 1.79. The van der Waals surface area contributed by atoms with Crippen molar-refractivity contribution in [1.82, 2.24) is 5.32 Å². The van der Waals surface area contributed by atoms with Crippen molar-refractivity contribution in [3.05, 3.63) is 53.7 Å². The van der Waals surface area contributed by atoms with Crippen LogP contribution in [0.5, 0.6) is 5.75 Å². The number of likely N-dealkylation sites (N-methyl/N-ethyl adjacent to an activating group) is 1. The number of aryl methyl sites for hydroxylation is 1. The third-order valence-corrected chi connectivity index (χ3v) is 4.40. The summed E-state index contributed by atoms with van der Waals surface area (Å²) in [6.45, 7) is 2.33. The summed E-state index contributed by atoms with van der Waals surface area (Å²) < 4.78 is 16.5. The van der Waals surface area contributed by atoms with Crippen molar-refractivity contribution in [1.29, 1.82) is 0 Å². The summed E-state index contributed by atoms with van der Waals surface area (Å²) >= 11 is 0. The highest BCUT2D eigenvalue weighted by atomic mass is 16.5. The number of hydrogen-bond acceptors (Lipinski definition) is 4. The van der Waals surface area contributed by atoms with Gasteiger partial charge >= 0.3 is 0 Å². The molecular weight excluding hydrogens is 320 g/mol. The van der Waals surface area contributed by atoms with Crippen molar-refractivity contribution in [3.8, 4) is 5.75 Å². The maximum Gasteiger partial charge on any atom is 0.287 e. The molecule has 0 fully saturated rings. The van der Waals surface area contributed by atoms with Gasteiger partial charge in [0.05, 0.1) is 34.0 Å². The van der Waals surface area contributed by atoms with Crippen LogP contribution in [0.4, 0.5) is 0 Å². The number of hydrogen-bond donors (Lipinski definition) is 2. The molecular formula is C19H23N2O4+. The molecule has 0 radical (unpaired) electrons. The second-order valence-corrected chi connectivity index (χ2v) is 6.27. The van der Waals surface area contributed by atoms with Gasteiger partial charge in [0.1, 0.15) is 11.3 Å². The lowest BCUT2D eigenvalue weighted by atomic mass is 10.1. The zero-order valence-electron chi connectivity index (χ0n) is 14.9. The molecule has 3 rings (SSSR count). The predicted octanol–water partition coefficient (Wildman–Crippen LogP) is 1.96. The van der Waals surface area contributed by atoms with Crippen LogP contribution < -0.4 is 15.0 Å². The van der Waals surface area contributed by atoms with E-state index in [1.807, 2.05) is 51.4 Å². The number of carbonyl (C=O) groups excluding carboxylic acids is 1. The highest BCUT2D eigenvalue weighted by Crippen LogP contribution is 2.28. The number of amides is 1. The monoisotopic (exact) mass is 343 g/mol. The standard InChI is InChI=1S/C19H22N2O4/c1-12-14-10-13(23-4)7-8-16(14)25-18(12)19(22)20-11-15(21(2)3)17-6-5-9-24-17/h5-10,15H,11H2,1-4H3,(H,20,22)/p+1/t15-/m1/s1. The Labute approximate surface area is 146 Å². The molecule has 0 spiro atoms. The van der Waals surface area contributed by atoms with Gasteiger partial charge in [0, 0.05) is 10.9 Å². The van der Waals surface area contributed by atoms with Crippen LogP contribution in [0.3, 0.4) is 0 Å². The summed E-state index contributed by atoms with van der Waals surface area (Å²) in [6, 6.07) is 9.30. The molecule has 132 valence electrons. The minimum Gasteiger partial charge on any atom is -0.497 e. The summed E-state index contributed by atoms with van der Waals surface area (Å²) in [5.41, 5.74) is 1.47. The van der Waals surface area contributed by atoms with Crippen molar-refractivity contribution < 1.29 is 23.3 Å². The molecule has 0 aliphatic carbocycles. The second kappa shape index (κ2) is 7.03. The third-order valence-electron chi connectivity index (χ3n) is 4.40. The van der Waals surface area contributed by atoms with Crippen LogP contribution in [0.15, 0.2) is 45.4 Å². The first kappa shape index (κ1) is 17.1. The van der Waals surface area contributed by atoms with E-state index in [2.05, 4.69) is 5.32 Å². The Morgan fingerprint density at radius 3 is 2.76 bits per heavy atom. The SMILES string of the molecule is COc1ccc2oc(C(=O)NC[C@H](c3ccco3)[NH+](C)C)c(C)c2c1. The van der Waals surface area contributed by atoms with Crippen LogP contribution in [0.2, 0.25) is 0 Å². The first-order valence-electron chi connectivity index (χ1n) is 8.20. The van der Waals surface area contributed by atoms with Crippen molar-refractivity contribution in [3.63, 3.8) is 0 Å². The first-order valence-corrected chi connectivity index (χ1v) is 8.20. The van der Waals surface area contributed by atoms with Crippen molar-refractivity contribution in [2.75, 3.05) is 27.7 Å². The molecule has 0 bridgehead atoms. The summed E-state index contributed by atoms with van der Waals surface area (Å²) in [5.74, 6) is 1.67. The molecule has 0 saturated carbocycles. The van der Waals surface area contributed by atoms with E-state index in [4.69, 9.17) is 13.6 Å². The minimum atomic E-state index is -0.231. The van der Waals surface area contributed by atoms with Crippen molar-refractivity contribution in [2.45, 2.75) is 13.0 Å². The van der Waals surface area contributed by atoms with Crippen LogP contribution in [0.25, 0.3) is 11.0 Å². The van der Waals surface area contributed by atoms with Gasteiger partial charge in [0.2, 0.25) is 0 Å². The Kier molecular flexibility index (Phi) is 4.81. The minimum absolute atomic E-state index is 0.0312. The number of quaternary nitrogens is 1. The van der Waals surface area contributed by atoms with E-state index >= 15 is 0 Å². The fourth-order valence-corrected chi connectivity index (χ4v) is 2.90. The summed E-state index contributed by atoms with van der Waals surface area (Å²) in [5, 5.41) is 3.83. The molecule has 1 atom stereocenters. The number of benzene rings is 1. The maximum atomic E-state index is 12.6. The van der Waals surface area contributed by atoms with Gasteiger partial charge in [0.25, 0.3) is 5.91 Å². The van der Waals surface area contributed by atoms with Crippen LogP contribution in [-0.2, 0) is 0 Å². The van der Waals surface area contributed by atoms with Gasteiger partial charge in [-0.3, -0.25) is 4.79 Å². The molecule has 0 saturated heterocycles. The first-order chi connectivity index (χ1) is 12.0. The highest BCUT2D eigenvalue weighted by molar-refractivity contribution is 5.99. The van der Waals surface area contributed by atoms with Gasteiger partial charge in [-0.1, -0.05) is 0 Å². The number of furan rings is 2. The molecule has 2 aromatic heterocycles. The lowest BCUT2D eigenvalue weighted by molar-refractivity contribution is -0.891. The zero-order valence-corrected chi connectivity index (χ0v) is 14.9. The molecule has 1 amide bonds. The highest BCUT2D eigenvalue weighted by Gasteiger charge is 2.24. The van der Waals surface area contributed by atoms with Gasteiger partial charge in [-0.15, -0.1) is 0 Å². The zero-order chi connectivity index (χ0) is 18.0. The van der Waals surface area contributed by atoms with Gasteiger partial charge in [-0.2, -0.15) is 0 Å². The molecule has 6 heteroatoms. The molecule has 2 N–H and O–H groups in total. The van der Waals surface area contributed by atoms with E-state index in [9.17, 15) is 4.79 Å². The molecule has 2 heterocycles. The van der Waals surface area contributed by atoms with E-state index in [1.54, 1.807) is 13.4 Å². The summed E-state index contributed by atoms with van der Waals surface area (Å²) in [6.07, 6.45) is 1.64. The Bertz CT molecular complexity index is 865. The lowest BCUT2D eigenvalue weighted by Crippen LogP contribution is -3.07. The summed E-state index contributed by atoms with van der Waals surface area (Å²) in [7, 11) is 5.67. The van der Waals surface area contributed by atoms with Crippen LogP contribution in [-0.4, -0.2) is 33.7 Å². The van der Waals surface area contributed by atoms with Crippen LogP contribution in [0, 0.1) is 6.92 Å². The van der Waals surface area contributed by atoms with E-state index in [0.29, 0.717) is 17.9 Å². The molecule has 0 aliphatic heterocycles. The quantitative estimate of drug-likeness (QED) is 0.718. The van der Waals surface area contributed by atoms with E-state index in [0.717, 1.165) is 22.5 Å². The largest absolute Gasteiger partial charge is 0.497 e. The van der Waals surface area contributed by atoms with E-state index < -0.39 is 0 Å². The predicted molar refractivity (Wildman–Crippen MR) is 94.1 cm³/mol. The molecule has 0 aliphatic rings. The topological polar surface area (TPSA) is 69.0 Å². The smallest absolute Gasteiger partial charge is 0.287 e. The number of fused-ring (bicyclic) bond motifs is 1. The van der Waals surface area contributed by atoms with Gasteiger partial charge in [-0.25, -0.2) is 0 Å². The fourth-order valence-electron chi connectivity index (χ4n) is 2.90. The number of ether oxygens (including phenoxy) is 1. The van der Waals surface area contributed by atoms with Crippen molar-refractivity contribution in [2.24, 2.45) is 0 Å². The third kappa shape index (κ3) is 3.39. The maximum absolute atomic E-state index is 12.6. The Hall–Kier alpha value is -2.73. The molecule has 1 aromatic carbocycles. The van der Waals surface area contributed by atoms with E-state index in [-0.39, 0.29) is 11.9 Å². The Morgan fingerprint density at radius 1 is 1.32 bits per heavy atom. The average molecular weight is 343 g/mol. The van der Waals surface area contributed by atoms with Crippen LogP contribution >= 0.6 is 0 Å². The number of nitrogens with one attached hydrogen (secondary N) is 2. The lowest BCUT2D eigenvalue weighted by Gasteiger charge is -2.19.